The molecule has 0 radical (unpaired) electrons. The Balaban J connectivity index is 1.27. The second kappa shape index (κ2) is 9.66. The molecule has 0 bridgehead atoms. The van der Waals surface area contributed by atoms with E-state index in [1.807, 2.05) is 32.2 Å². The van der Waals surface area contributed by atoms with Gasteiger partial charge in [0.25, 0.3) is 0 Å². The minimum atomic E-state index is -0.473. The van der Waals surface area contributed by atoms with Crippen LogP contribution in [0.4, 0.5) is 21.7 Å². The zero-order valence-electron chi connectivity index (χ0n) is 20.5. The quantitative estimate of drug-likeness (QED) is 0.520. The summed E-state index contributed by atoms with van der Waals surface area (Å²) >= 11 is 0. The molecule has 1 fully saturated rings. The van der Waals surface area contributed by atoms with Crippen LogP contribution >= 0.6 is 0 Å². The standard InChI is InChI=1S/C26H26FN7O3/c1-3-30-33-6-4-18(5-7-33)37-22-11-19(27)20(10-16(22)2)31-25-24-21(28-15-29-25)12-23-26(32-24)34-8-9-35-13-17(34)14-36-23/h3-6,10-12,15,17H,7-9,13-14H2,1-2H3,(H,28,29,31)/b30-3-. The summed E-state index contributed by atoms with van der Waals surface area (Å²) in [5.74, 6) is 2.40. The number of pyridine rings is 1. The third kappa shape index (κ3) is 4.53. The van der Waals surface area contributed by atoms with Gasteiger partial charge in [0.05, 0.1) is 37.0 Å². The molecular formula is C26H26FN7O3. The first-order chi connectivity index (χ1) is 18.1. The third-order valence-electron chi connectivity index (χ3n) is 6.39. The number of hydrogen-bond donors (Lipinski definition) is 1. The lowest BCUT2D eigenvalue weighted by molar-refractivity contribution is 0.0698. The molecule has 190 valence electrons. The first-order valence-electron chi connectivity index (χ1n) is 12.1. The predicted molar refractivity (Wildman–Crippen MR) is 138 cm³/mol. The van der Waals surface area contributed by atoms with Crippen molar-refractivity contribution in [2.45, 2.75) is 19.9 Å². The van der Waals surface area contributed by atoms with Gasteiger partial charge < -0.3 is 24.4 Å². The van der Waals surface area contributed by atoms with Crippen LogP contribution in [0.3, 0.4) is 0 Å². The highest BCUT2D eigenvalue weighted by atomic mass is 19.1. The molecule has 3 aliphatic rings. The van der Waals surface area contributed by atoms with E-state index in [1.54, 1.807) is 23.4 Å². The molecular weight excluding hydrogens is 477 g/mol. The summed E-state index contributed by atoms with van der Waals surface area (Å²) in [7, 11) is 0. The monoisotopic (exact) mass is 503 g/mol. The van der Waals surface area contributed by atoms with Crippen LogP contribution in [0.15, 0.2) is 53.7 Å². The van der Waals surface area contributed by atoms with Crippen LogP contribution in [0.5, 0.6) is 11.5 Å². The second-order valence-corrected chi connectivity index (χ2v) is 8.88. The second-order valence-electron chi connectivity index (χ2n) is 8.88. The van der Waals surface area contributed by atoms with E-state index >= 15 is 4.39 Å². The Labute approximate surface area is 213 Å². The van der Waals surface area contributed by atoms with E-state index in [9.17, 15) is 0 Å². The maximum Gasteiger partial charge on any atom is 0.172 e. The third-order valence-corrected chi connectivity index (χ3v) is 6.39. The fourth-order valence-electron chi connectivity index (χ4n) is 4.52. The normalized spacial score (nSPS) is 18.9. The van der Waals surface area contributed by atoms with Gasteiger partial charge in [-0.15, -0.1) is 0 Å². The number of hydrogen-bond acceptors (Lipinski definition) is 10. The highest BCUT2D eigenvalue weighted by Crippen LogP contribution is 2.37. The number of ether oxygens (including phenoxy) is 3. The molecule has 10 nitrogen and oxygen atoms in total. The Kier molecular flexibility index (Phi) is 6.05. The first kappa shape index (κ1) is 23.2. The maximum atomic E-state index is 15.2. The molecule has 1 unspecified atom stereocenters. The summed E-state index contributed by atoms with van der Waals surface area (Å²) in [5, 5.41) is 9.08. The van der Waals surface area contributed by atoms with Crippen LogP contribution in [-0.2, 0) is 4.74 Å². The van der Waals surface area contributed by atoms with Gasteiger partial charge in [-0.25, -0.2) is 19.3 Å². The largest absolute Gasteiger partial charge is 0.487 e. The number of rotatable bonds is 5. The van der Waals surface area contributed by atoms with E-state index in [1.165, 1.54) is 12.4 Å². The van der Waals surface area contributed by atoms with E-state index in [0.717, 1.165) is 17.9 Å². The number of anilines is 3. The summed E-state index contributed by atoms with van der Waals surface area (Å²) in [6.45, 7) is 6.77. The van der Waals surface area contributed by atoms with Gasteiger partial charge >= 0.3 is 0 Å². The molecule has 0 saturated carbocycles. The average molecular weight is 504 g/mol. The van der Waals surface area contributed by atoms with Crippen LogP contribution in [-0.4, -0.2) is 65.1 Å². The number of hydrazone groups is 1. The zero-order chi connectivity index (χ0) is 25.4. The van der Waals surface area contributed by atoms with Gasteiger partial charge in [-0.3, -0.25) is 5.01 Å². The molecule has 3 aromatic rings. The molecule has 0 aliphatic carbocycles. The summed E-state index contributed by atoms with van der Waals surface area (Å²) in [5.41, 5.74) is 2.17. The summed E-state index contributed by atoms with van der Waals surface area (Å²) in [6.07, 6.45) is 8.64. The SMILES string of the molecule is C/C=N\N1C=CC(Oc2cc(F)c(Nc3ncnc4cc5c(nc34)N3CCOCC3CO5)cc2C)=CC1. The molecule has 5 heterocycles. The molecule has 1 N–H and O–H groups in total. The van der Waals surface area contributed by atoms with Gasteiger partial charge in [0.2, 0.25) is 0 Å². The number of fused-ring (bicyclic) bond motifs is 4. The molecule has 1 aromatic carbocycles. The van der Waals surface area contributed by atoms with Crippen molar-refractivity contribution in [2.24, 2.45) is 5.10 Å². The fourth-order valence-corrected chi connectivity index (χ4v) is 4.52. The van der Waals surface area contributed by atoms with Crippen molar-refractivity contribution < 1.29 is 18.6 Å². The highest BCUT2D eigenvalue weighted by molar-refractivity contribution is 5.90. The maximum absolute atomic E-state index is 15.2. The van der Waals surface area contributed by atoms with E-state index in [0.29, 0.717) is 60.5 Å². The van der Waals surface area contributed by atoms with Gasteiger partial charge in [-0.1, -0.05) is 0 Å². The Morgan fingerprint density at radius 2 is 2.16 bits per heavy atom. The number of halogens is 1. The number of aryl methyl sites for hydroxylation is 1. The lowest BCUT2D eigenvalue weighted by Crippen LogP contribution is -2.51. The summed E-state index contributed by atoms with van der Waals surface area (Å²) in [6, 6.07) is 5.02. The van der Waals surface area contributed by atoms with Crippen molar-refractivity contribution in [2.75, 3.05) is 43.1 Å². The number of benzene rings is 1. The molecule has 0 amide bonds. The first-order valence-corrected chi connectivity index (χ1v) is 12.1. The molecule has 0 spiro atoms. The van der Waals surface area contributed by atoms with Gasteiger partial charge in [0, 0.05) is 31.1 Å². The van der Waals surface area contributed by atoms with Crippen molar-refractivity contribution in [1.29, 1.82) is 0 Å². The average Bonchev–Trinajstić information content (AvgIpc) is 2.92. The molecule has 11 heteroatoms. The molecule has 2 aromatic heterocycles. The van der Waals surface area contributed by atoms with E-state index in [4.69, 9.17) is 19.2 Å². The van der Waals surface area contributed by atoms with Gasteiger partial charge in [0.15, 0.2) is 17.4 Å². The highest BCUT2D eigenvalue weighted by Gasteiger charge is 2.32. The van der Waals surface area contributed by atoms with Crippen LogP contribution in [0.2, 0.25) is 0 Å². The van der Waals surface area contributed by atoms with Crippen molar-refractivity contribution in [1.82, 2.24) is 20.0 Å². The van der Waals surface area contributed by atoms with E-state index in [2.05, 4.69) is 25.3 Å². The Morgan fingerprint density at radius 3 is 3.00 bits per heavy atom. The van der Waals surface area contributed by atoms with Crippen LogP contribution in [0.25, 0.3) is 11.0 Å². The van der Waals surface area contributed by atoms with Crippen LogP contribution in [0, 0.1) is 12.7 Å². The predicted octanol–water partition coefficient (Wildman–Crippen LogP) is 3.91. The number of nitrogens with one attached hydrogen (secondary N) is 1. The van der Waals surface area contributed by atoms with E-state index in [-0.39, 0.29) is 11.7 Å². The van der Waals surface area contributed by atoms with Crippen LogP contribution < -0.4 is 19.7 Å². The Bertz CT molecular complexity index is 1440. The Morgan fingerprint density at radius 1 is 1.24 bits per heavy atom. The number of nitrogens with zero attached hydrogens (tertiary/aromatic N) is 6. The molecule has 1 atom stereocenters. The minimum Gasteiger partial charge on any atom is -0.487 e. The lowest BCUT2D eigenvalue weighted by Gasteiger charge is -2.40. The lowest BCUT2D eigenvalue weighted by atomic mass is 10.1. The number of allylic oxidation sites excluding steroid dienone is 1. The molecule has 3 aliphatic heterocycles. The minimum absolute atomic E-state index is 0.108. The topological polar surface area (TPSA) is 97.2 Å². The molecule has 6 rings (SSSR count). The molecule has 1 saturated heterocycles. The van der Waals surface area contributed by atoms with Gasteiger partial charge in [-0.05, 0) is 37.6 Å². The zero-order valence-corrected chi connectivity index (χ0v) is 20.5. The van der Waals surface area contributed by atoms with E-state index < -0.39 is 5.82 Å². The number of morpholine rings is 1. The van der Waals surface area contributed by atoms with Crippen molar-refractivity contribution in [3.63, 3.8) is 0 Å². The van der Waals surface area contributed by atoms with Gasteiger partial charge in [-0.2, -0.15) is 5.10 Å². The van der Waals surface area contributed by atoms with Crippen molar-refractivity contribution in [3.8, 4) is 11.5 Å². The summed E-state index contributed by atoms with van der Waals surface area (Å²) in [4.78, 5) is 15.8. The van der Waals surface area contributed by atoms with Crippen molar-refractivity contribution >= 4 is 34.6 Å². The Hall–Kier alpha value is -4.25. The van der Waals surface area contributed by atoms with Gasteiger partial charge in [0.1, 0.15) is 35.8 Å². The van der Waals surface area contributed by atoms with Crippen molar-refractivity contribution in [3.05, 3.63) is 60.0 Å². The van der Waals surface area contributed by atoms with Crippen LogP contribution in [0.1, 0.15) is 12.5 Å². The summed E-state index contributed by atoms with van der Waals surface area (Å²) < 4.78 is 32.7. The fraction of sp³-hybridized carbons (Fsp3) is 0.308. The number of aromatic nitrogens is 3. The molecule has 37 heavy (non-hydrogen) atoms. The smallest absolute Gasteiger partial charge is 0.172 e.